The fraction of sp³-hybridized carbons (Fsp3) is 0.571. The van der Waals surface area contributed by atoms with Gasteiger partial charge in [-0.2, -0.15) is 0 Å². The molecular formula is C14H19ClN2O. The van der Waals surface area contributed by atoms with Crippen LogP contribution in [-0.4, -0.2) is 28.9 Å². The van der Waals surface area contributed by atoms with Crippen molar-refractivity contribution in [1.82, 2.24) is 9.88 Å². The van der Waals surface area contributed by atoms with Crippen molar-refractivity contribution in [3.05, 3.63) is 29.0 Å². The first kappa shape index (κ1) is 13.3. The lowest BCUT2D eigenvalue weighted by molar-refractivity contribution is 0.0712. The molecule has 0 bridgehead atoms. The molecule has 1 aromatic heterocycles. The van der Waals surface area contributed by atoms with Crippen LogP contribution >= 0.6 is 11.6 Å². The van der Waals surface area contributed by atoms with Gasteiger partial charge in [0.1, 0.15) is 10.8 Å². The number of amides is 1. The van der Waals surface area contributed by atoms with E-state index in [1.807, 2.05) is 11.9 Å². The van der Waals surface area contributed by atoms with E-state index in [1.54, 1.807) is 18.2 Å². The number of nitrogens with zero attached hydrogens (tertiary/aromatic N) is 2. The van der Waals surface area contributed by atoms with E-state index in [4.69, 9.17) is 11.6 Å². The van der Waals surface area contributed by atoms with Crippen molar-refractivity contribution in [3.63, 3.8) is 0 Å². The maximum Gasteiger partial charge on any atom is 0.272 e. The number of pyridine rings is 1. The summed E-state index contributed by atoms with van der Waals surface area (Å²) in [5.41, 5.74) is 0.439. The fourth-order valence-electron chi connectivity index (χ4n) is 2.52. The van der Waals surface area contributed by atoms with Crippen LogP contribution in [0.5, 0.6) is 0 Å². The monoisotopic (exact) mass is 266 g/mol. The standard InChI is InChI=1S/C14H19ClN2O/c1-17(11-7-4-2-3-5-8-11)14(18)12-9-6-10-13(15)16-12/h6,9-11H,2-5,7-8H2,1H3. The van der Waals surface area contributed by atoms with E-state index >= 15 is 0 Å². The van der Waals surface area contributed by atoms with Crippen molar-refractivity contribution in [2.45, 2.75) is 44.6 Å². The van der Waals surface area contributed by atoms with Crippen LogP contribution in [0.25, 0.3) is 0 Å². The van der Waals surface area contributed by atoms with Gasteiger partial charge in [-0.3, -0.25) is 4.79 Å². The third-order valence-corrected chi connectivity index (χ3v) is 3.84. The van der Waals surface area contributed by atoms with Crippen LogP contribution in [0.4, 0.5) is 0 Å². The summed E-state index contributed by atoms with van der Waals surface area (Å²) in [6, 6.07) is 5.52. The van der Waals surface area contributed by atoms with E-state index in [0.29, 0.717) is 16.9 Å². The van der Waals surface area contributed by atoms with Crippen molar-refractivity contribution in [3.8, 4) is 0 Å². The van der Waals surface area contributed by atoms with Gasteiger partial charge in [0.25, 0.3) is 5.91 Å². The molecule has 1 heterocycles. The minimum atomic E-state index is -0.0237. The highest BCUT2D eigenvalue weighted by molar-refractivity contribution is 6.29. The summed E-state index contributed by atoms with van der Waals surface area (Å²) in [6.45, 7) is 0. The van der Waals surface area contributed by atoms with E-state index < -0.39 is 0 Å². The largest absolute Gasteiger partial charge is 0.337 e. The van der Waals surface area contributed by atoms with Gasteiger partial charge in [-0.05, 0) is 25.0 Å². The van der Waals surface area contributed by atoms with Gasteiger partial charge in [-0.25, -0.2) is 4.98 Å². The maximum absolute atomic E-state index is 12.3. The average molecular weight is 267 g/mol. The zero-order valence-corrected chi connectivity index (χ0v) is 11.5. The molecule has 0 unspecified atom stereocenters. The number of carbonyl (C=O) groups excluding carboxylic acids is 1. The molecule has 0 spiro atoms. The molecule has 1 fully saturated rings. The quantitative estimate of drug-likeness (QED) is 0.606. The highest BCUT2D eigenvalue weighted by Gasteiger charge is 2.22. The van der Waals surface area contributed by atoms with Crippen molar-refractivity contribution in [2.75, 3.05) is 7.05 Å². The van der Waals surface area contributed by atoms with Gasteiger partial charge in [0, 0.05) is 13.1 Å². The number of rotatable bonds is 2. The third-order valence-electron chi connectivity index (χ3n) is 3.63. The summed E-state index contributed by atoms with van der Waals surface area (Å²) >= 11 is 5.82. The molecule has 0 atom stereocenters. The molecule has 1 aromatic rings. The summed E-state index contributed by atoms with van der Waals surface area (Å²) in [5, 5.41) is 0.370. The van der Waals surface area contributed by atoms with E-state index in [9.17, 15) is 4.79 Å². The summed E-state index contributed by atoms with van der Waals surface area (Å²) in [6.07, 6.45) is 7.20. The minimum absolute atomic E-state index is 0.0237. The topological polar surface area (TPSA) is 33.2 Å². The lowest BCUT2D eigenvalue weighted by Gasteiger charge is -2.26. The number of halogens is 1. The summed E-state index contributed by atoms with van der Waals surface area (Å²) < 4.78 is 0. The lowest BCUT2D eigenvalue weighted by atomic mass is 10.1. The smallest absolute Gasteiger partial charge is 0.272 e. The van der Waals surface area contributed by atoms with Gasteiger partial charge in [0.2, 0.25) is 0 Å². The number of hydrogen-bond donors (Lipinski definition) is 0. The minimum Gasteiger partial charge on any atom is -0.337 e. The molecular weight excluding hydrogens is 248 g/mol. The Morgan fingerprint density at radius 3 is 2.56 bits per heavy atom. The zero-order chi connectivity index (χ0) is 13.0. The molecule has 1 aliphatic carbocycles. The first-order valence-electron chi connectivity index (χ1n) is 6.58. The highest BCUT2D eigenvalue weighted by atomic mass is 35.5. The van der Waals surface area contributed by atoms with Crippen molar-refractivity contribution >= 4 is 17.5 Å². The molecule has 0 aliphatic heterocycles. The molecule has 1 saturated carbocycles. The summed E-state index contributed by atoms with van der Waals surface area (Å²) in [7, 11) is 1.88. The predicted octanol–water partition coefficient (Wildman–Crippen LogP) is 3.53. The van der Waals surface area contributed by atoms with E-state index in [2.05, 4.69) is 4.98 Å². The Morgan fingerprint density at radius 1 is 1.28 bits per heavy atom. The van der Waals surface area contributed by atoms with Crippen molar-refractivity contribution < 1.29 is 4.79 Å². The maximum atomic E-state index is 12.3. The van der Waals surface area contributed by atoms with E-state index in [0.717, 1.165) is 12.8 Å². The Bertz CT molecular complexity index is 414. The van der Waals surface area contributed by atoms with Crippen LogP contribution in [0.3, 0.4) is 0 Å². The molecule has 4 heteroatoms. The molecule has 98 valence electrons. The van der Waals surface area contributed by atoms with Crippen molar-refractivity contribution in [1.29, 1.82) is 0 Å². The Balaban J connectivity index is 2.07. The van der Waals surface area contributed by atoms with Gasteiger partial charge in [-0.1, -0.05) is 43.4 Å². The second-order valence-electron chi connectivity index (χ2n) is 4.91. The van der Waals surface area contributed by atoms with Crippen LogP contribution in [0.15, 0.2) is 18.2 Å². The number of aromatic nitrogens is 1. The molecule has 1 amide bonds. The van der Waals surface area contributed by atoms with Crippen LogP contribution < -0.4 is 0 Å². The van der Waals surface area contributed by atoms with E-state index in [-0.39, 0.29) is 5.91 Å². The Hall–Kier alpha value is -1.09. The Kier molecular flexibility index (Phi) is 4.59. The zero-order valence-electron chi connectivity index (χ0n) is 10.7. The molecule has 1 aliphatic rings. The first-order valence-corrected chi connectivity index (χ1v) is 6.96. The molecule has 0 saturated heterocycles. The highest BCUT2D eigenvalue weighted by Crippen LogP contribution is 2.22. The van der Waals surface area contributed by atoms with Crippen molar-refractivity contribution in [2.24, 2.45) is 0 Å². The second kappa shape index (κ2) is 6.19. The van der Waals surface area contributed by atoms with Gasteiger partial charge in [0.15, 0.2) is 0 Å². The fourth-order valence-corrected chi connectivity index (χ4v) is 2.68. The van der Waals surface area contributed by atoms with Crippen LogP contribution in [0, 0.1) is 0 Å². The lowest BCUT2D eigenvalue weighted by Crippen LogP contribution is -2.37. The molecule has 0 radical (unpaired) electrons. The Morgan fingerprint density at radius 2 is 1.94 bits per heavy atom. The van der Waals surface area contributed by atoms with Crippen LogP contribution in [0.2, 0.25) is 5.15 Å². The third kappa shape index (κ3) is 3.22. The Labute approximate surface area is 113 Å². The average Bonchev–Trinajstić information content (AvgIpc) is 2.66. The molecule has 0 aromatic carbocycles. The van der Waals surface area contributed by atoms with Gasteiger partial charge in [0.05, 0.1) is 0 Å². The summed E-state index contributed by atoms with van der Waals surface area (Å²) in [4.78, 5) is 18.2. The molecule has 3 nitrogen and oxygen atoms in total. The summed E-state index contributed by atoms with van der Waals surface area (Å²) in [5.74, 6) is -0.0237. The van der Waals surface area contributed by atoms with E-state index in [1.165, 1.54) is 25.7 Å². The van der Waals surface area contributed by atoms with Gasteiger partial charge >= 0.3 is 0 Å². The normalized spacial score (nSPS) is 17.2. The van der Waals surface area contributed by atoms with Crippen LogP contribution in [0.1, 0.15) is 49.0 Å². The first-order chi connectivity index (χ1) is 8.68. The molecule has 2 rings (SSSR count). The molecule has 0 N–H and O–H groups in total. The van der Waals surface area contributed by atoms with Crippen LogP contribution in [-0.2, 0) is 0 Å². The number of carbonyl (C=O) groups is 1. The number of hydrogen-bond acceptors (Lipinski definition) is 2. The van der Waals surface area contributed by atoms with Gasteiger partial charge in [-0.15, -0.1) is 0 Å². The molecule has 18 heavy (non-hydrogen) atoms. The predicted molar refractivity (Wildman–Crippen MR) is 72.8 cm³/mol. The second-order valence-corrected chi connectivity index (χ2v) is 5.29. The van der Waals surface area contributed by atoms with Gasteiger partial charge < -0.3 is 4.90 Å². The SMILES string of the molecule is CN(C(=O)c1cccc(Cl)n1)C1CCCCCC1.